The lowest BCUT2D eigenvalue weighted by Gasteiger charge is -2.63. The highest BCUT2D eigenvalue weighted by atomic mass is 16.2. The molecule has 0 spiro atoms. The van der Waals surface area contributed by atoms with Gasteiger partial charge in [0.05, 0.1) is 0 Å². The molecule has 0 saturated heterocycles. The Bertz CT molecular complexity index is 422. The van der Waals surface area contributed by atoms with Crippen LogP contribution >= 0.6 is 0 Å². The van der Waals surface area contributed by atoms with E-state index >= 15 is 0 Å². The smallest absolute Gasteiger partial charge is 0.223 e. The Morgan fingerprint density at radius 3 is 2.26 bits per heavy atom. The molecule has 2 saturated carbocycles. The minimum absolute atomic E-state index is 0.00732. The van der Waals surface area contributed by atoms with Gasteiger partial charge in [0.1, 0.15) is 0 Å². The third-order valence-electron chi connectivity index (χ3n) is 5.99. The third kappa shape index (κ3) is 1.70. The van der Waals surface area contributed by atoms with Crippen LogP contribution < -0.4 is 11.1 Å². The second kappa shape index (κ2) is 3.85. The molecule has 2 fully saturated rings. The maximum atomic E-state index is 12.5. The van der Waals surface area contributed by atoms with E-state index in [-0.39, 0.29) is 34.7 Å². The van der Waals surface area contributed by atoms with Gasteiger partial charge in [-0.2, -0.15) is 0 Å². The van der Waals surface area contributed by atoms with E-state index in [4.69, 9.17) is 5.73 Å². The minimum atomic E-state index is -0.00732. The lowest BCUT2D eigenvalue weighted by Crippen LogP contribution is -2.76. The average Bonchev–Trinajstić information content (AvgIpc) is 2.96. The molecule has 0 radical (unpaired) electrons. The Balaban J connectivity index is 1.69. The van der Waals surface area contributed by atoms with Crippen LogP contribution in [0.5, 0.6) is 0 Å². The molecule has 3 atom stereocenters. The van der Waals surface area contributed by atoms with Gasteiger partial charge in [-0.15, -0.1) is 0 Å². The Labute approximate surface area is 116 Å². The fourth-order valence-corrected chi connectivity index (χ4v) is 4.88. The number of hydrogen-bond acceptors (Lipinski definition) is 2. The predicted octanol–water partition coefficient (Wildman–Crippen LogP) is 2.08. The average molecular weight is 262 g/mol. The summed E-state index contributed by atoms with van der Waals surface area (Å²) in [5, 5.41) is 3.30. The molecule has 0 aromatic carbocycles. The van der Waals surface area contributed by atoms with Gasteiger partial charge in [0.25, 0.3) is 0 Å². The van der Waals surface area contributed by atoms with Gasteiger partial charge in [0.2, 0.25) is 5.91 Å². The van der Waals surface area contributed by atoms with Crippen LogP contribution in [0.3, 0.4) is 0 Å². The number of allylic oxidation sites excluding steroid dienone is 2. The van der Waals surface area contributed by atoms with Crippen molar-refractivity contribution in [2.45, 2.75) is 52.6 Å². The highest BCUT2D eigenvalue weighted by Gasteiger charge is 2.60. The molecule has 3 heteroatoms. The van der Waals surface area contributed by atoms with Gasteiger partial charge in [0, 0.05) is 28.8 Å². The molecule has 106 valence electrons. The number of carbonyl (C=O) groups excluding carboxylic acids is 1. The van der Waals surface area contributed by atoms with E-state index in [0.717, 1.165) is 6.42 Å². The van der Waals surface area contributed by atoms with Gasteiger partial charge in [-0.3, -0.25) is 4.79 Å². The summed E-state index contributed by atoms with van der Waals surface area (Å²) < 4.78 is 0. The van der Waals surface area contributed by atoms with Crippen LogP contribution in [0.25, 0.3) is 0 Å². The summed E-state index contributed by atoms with van der Waals surface area (Å²) in [6.45, 7) is 8.65. The Morgan fingerprint density at radius 2 is 1.79 bits per heavy atom. The van der Waals surface area contributed by atoms with Crippen molar-refractivity contribution < 1.29 is 4.79 Å². The molecule has 0 aliphatic heterocycles. The molecule has 0 aromatic rings. The number of nitrogens with one attached hydrogen (secondary N) is 1. The van der Waals surface area contributed by atoms with E-state index in [1.54, 1.807) is 0 Å². The van der Waals surface area contributed by atoms with Crippen molar-refractivity contribution >= 4 is 5.91 Å². The zero-order valence-corrected chi connectivity index (χ0v) is 12.4. The lowest BCUT2D eigenvalue weighted by molar-refractivity contribution is -0.136. The Kier molecular flexibility index (Phi) is 2.66. The van der Waals surface area contributed by atoms with Crippen molar-refractivity contribution in [2.75, 3.05) is 0 Å². The topological polar surface area (TPSA) is 55.1 Å². The first-order valence-electron chi connectivity index (χ1n) is 7.49. The third-order valence-corrected chi connectivity index (χ3v) is 5.99. The SMILES string of the molecule is CC1(C)C(N)C(C)(C)C1NC(=O)C1CC2C=CC1C2. The Morgan fingerprint density at radius 1 is 1.16 bits per heavy atom. The van der Waals surface area contributed by atoms with Crippen molar-refractivity contribution in [1.82, 2.24) is 5.32 Å². The predicted molar refractivity (Wildman–Crippen MR) is 76.3 cm³/mol. The van der Waals surface area contributed by atoms with E-state index < -0.39 is 0 Å². The molecule has 3 rings (SSSR count). The largest absolute Gasteiger partial charge is 0.352 e. The molecule has 3 aliphatic carbocycles. The molecule has 0 heterocycles. The number of hydrogen-bond donors (Lipinski definition) is 2. The van der Waals surface area contributed by atoms with Crippen LogP contribution in [0.15, 0.2) is 12.2 Å². The number of amides is 1. The Hall–Kier alpha value is -0.830. The molecule has 3 nitrogen and oxygen atoms in total. The fraction of sp³-hybridized carbons (Fsp3) is 0.812. The molecule has 3 unspecified atom stereocenters. The van der Waals surface area contributed by atoms with E-state index in [1.807, 2.05) is 0 Å². The maximum absolute atomic E-state index is 12.5. The number of nitrogens with two attached hydrogens (primary N) is 1. The van der Waals surface area contributed by atoms with Gasteiger partial charge in [-0.25, -0.2) is 0 Å². The second-order valence-corrected chi connectivity index (χ2v) is 7.95. The standard InChI is InChI=1S/C16H26N2O/c1-15(2)13(17)16(3,4)14(15)18-12(19)11-8-9-5-6-10(11)7-9/h5-6,9-11,13-14H,7-8,17H2,1-4H3,(H,18,19). The van der Waals surface area contributed by atoms with Crippen LogP contribution in [-0.2, 0) is 4.79 Å². The monoisotopic (exact) mass is 262 g/mol. The van der Waals surface area contributed by atoms with E-state index in [9.17, 15) is 4.79 Å². The zero-order valence-electron chi connectivity index (χ0n) is 12.4. The van der Waals surface area contributed by atoms with Gasteiger partial charge >= 0.3 is 0 Å². The molecule has 19 heavy (non-hydrogen) atoms. The van der Waals surface area contributed by atoms with Gasteiger partial charge < -0.3 is 11.1 Å². The number of rotatable bonds is 2. The molecular formula is C16H26N2O. The van der Waals surface area contributed by atoms with Crippen molar-refractivity contribution in [3.05, 3.63) is 12.2 Å². The summed E-state index contributed by atoms with van der Waals surface area (Å²) in [7, 11) is 0. The van der Waals surface area contributed by atoms with Crippen LogP contribution in [0.4, 0.5) is 0 Å². The van der Waals surface area contributed by atoms with Crippen molar-refractivity contribution in [2.24, 2.45) is 34.3 Å². The number of fused-ring (bicyclic) bond motifs is 2. The maximum Gasteiger partial charge on any atom is 0.223 e. The molecular weight excluding hydrogens is 236 g/mol. The van der Waals surface area contributed by atoms with E-state index in [1.165, 1.54) is 6.42 Å². The minimum Gasteiger partial charge on any atom is -0.352 e. The van der Waals surface area contributed by atoms with Crippen molar-refractivity contribution in [3.8, 4) is 0 Å². The van der Waals surface area contributed by atoms with Gasteiger partial charge in [0.15, 0.2) is 0 Å². The highest BCUT2D eigenvalue weighted by molar-refractivity contribution is 5.80. The quantitative estimate of drug-likeness (QED) is 0.749. The summed E-state index contributed by atoms with van der Waals surface area (Å²) in [6, 6.07) is 0.329. The fourth-order valence-electron chi connectivity index (χ4n) is 4.88. The van der Waals surface area contributed by atoms with Gasteiger partial charge in [-0.1, -0.05) is 39.8 Å². The first-order chi connectivity index (χ1) is 8.74. The first kappa shape index (κ1) is 13.2. The van der Waals surface area contributed by atoms with Crippen LogP contribution in [0, 0.1) is 28.6 Å². The van der Waals surface area contributed by atoms with Crippen molar-refractivity contribution in [3.63, 3.8) is 0 Å². The highest BCUT2D eigenvalue weighted by Crippen LogP contribution is 2.53. The van der Waals surface area contributed by atoms with Crippen molar-refractivity contribution in [1.29, 1.82) is 0 Å². The van der Waals surface area contributed by atoms with Crippen LogP contribution in [0.2, 0.25) is 0 Å². The van der Waals surface area contributed by atoms with Crippen LogP contribution in [0.1, 0.15) is 40.5 Å². The molecule has 3 aliphatic rings. The normalized spacial score (nSPS) is 45.0. The second-order valence-electron chi connectivity index (χ2n) is 7.95. The molecule has 3 N–H and O–H groups in total. The first-order valence-corrected chi connectivity index (χ1v) is 7.49. The van der Waals surface area contributed by atoms with E-state index in [0.29, 0.717) is 11.8 Å². The van der Waals surface area contributed by atoms with E-state index in [2.05, 4.69) is 45.2 Å². The summed E-state index contributed by atoms with van der Waals surface area (Å²) in [5.41, 5.74) is 6.24. The van der Waals surface area contributed by atoms with Gasteiger partial charge in [-0.05, 0) is 24.7 Å². The summed E-state index contributed by atoms with van der Waals surface area (Å²) in [5.74, 6) is 1.56. The summed E-state index contributed by atoms with van der Waals surface area (Å²) in [6.07, 6.45) is 6.73. The zero-order chi connectivity index (χ0) is 14.0. The molecule has 1 amide bonds. The number of carbonyl (C=O) groups is 1. The summed E-state index contributed by atoms with van der Waals surface area (Å²) >= 11 is 0. The van der Waals surface area contributed by atoms with Crippen LogP contribution in [-0.4, -0.2) is 18.0 Å². The molecule has 0 aromatic heterocycles. The molecule has 2 bridgehead atoms. The summed E-state index contributed by atoms with van der Waals surface area (Å²) in [4.78, 5) is 12.5. The lowest BCUT2D eigenvalue weighted by atomic mass is 9.48.